The Kier molecular flexibility index (Phi) is 7.56. The molecule has 2 aromatic carbocycles. The number of aryl methyl sites for hydroxylation is 1. The van der Waals surface area contributed by atoms with Crippen LogP contribution in [0.25, 0.3) is 0 Å². The molecule has 32 heavy (non-hydrogen) atoms. The molecule has 2 atom stereocenters. The third-order valence-corrected chi connectivity index (χ3v) is 7.70. The molecule has 0 radical (unpaired) electrons. The fraction of sp³-hybridized carbons (Fsp3) is 0.417. The van der Waals surface area contributed by atoms with E-state index in [0.717, 1.165) is 29.1 Å². The van der Waals surface area contributed by atoms with Gasteiger partial charge in [0.15, 0.2) is 6.61 Å². The third-order valence-electron chi connectivity index (χ3n) is 5.92. The number of nitrogens with zero attached hydrogens (tertiary/aromatic N) is 1. The predicted octanol–water partition coefficient (Wildman–Crippen LogP) is 3.67. The summed E-state index contributed by atoms with van der Waals surface area (Å²) >= 11 is 0. The summed E-state index contributed by atoms with van der Waals surface area (Å²) in [5.41, 5.74) is 1.60. The molecule has 1 N–H and O–H groups in total. The van der Waals surface area contributed by atoms with Crippen molar-refractivity contribution in [2.24, 2.45) is 5.92 Å². The Balaban J connectivity index is 1.65. The fourth-order valence-electron chi connectivity index (χ4n) is 3.83. The van der Waals surface area contributed by atoms with Crippen LogP contribution in [0.3, 0.4) is 0 Å². The first-order chi connectivity index (χ1) is 15.2. The number of carbonyl (C=O) groups excluding carboxylic acids is 2. The van der Waals surface area contributed by atoms with Crippen molar-refractivity contribution in [1.82, 2.24) is 5.32 Å². The molecule has 1 amide bonds. The van der Waals surface area contributed by atoms with Gasteiger partial charge in [0.05, 0.1) is 16.1 Å². The summed E-state index contributed by atoms with van der Waals surface area (Å²) in [7, 11) is -2.41. The van der Waals surface area contributed by atoms with Crippen molar-refractivity contribution in [2.75, 3.05) is 18.0 Å². The molecule has 0 aliphatic heterocycles. The highest BCUT2D eigenvalue weighted by Crippen LogP contribution is 2.24. The van der Waals surface area contributed by atoms with Gasteiger partial charge in [0.25, 0.3) is 15.9 Å². The fourth-order valence-corrected chi connectivity index (χ4v) is 5.07. The summed E-state index contributed by atoms with van der Waals surface area (Å²) in [6.45, 7) is 3.63. The number of sulfonamides is 1. The Morgan fingerprint density at radius 3 is 2.47 bits per heavy atom. The van der Waals surface area contributed by atoms with Crippen LogP contribution in [0.15, 0.2) is 53.4 Å². The third kappa shape index (κ3) is 5.68. The highest BCUT2D eigenvalue weighted by molar-refractivity contribution is 7.92. The maximum Gasteiger partial charge on any atom is 0.338 e. The van der Waals surface area contributed by atoms with E-state index in [2.05, 4.69) is 12.2 Å². The number of benzene rings is 2. The van der Waals surface area contributed by atoms with Crippen molar-refractivity contribution in [1.29, 1.82) is 0 Å². The van der Waals surface area contributed by atoms with Crippen LogP contribution in [-0.4, -0.2) is 40.0 Å². The predicted molar refractivity (Wildman–Crippen MR) is 123 cm³/mol. The normalized spacial score (nSPS) is 18.6. The molecule has 3 rings (SSSR count). The summed E-state index contributed by atoms with van der Waals surface area (Å²) in [6, 6.07) is 12.8. The lowest BCUT2D eigenvalue weighted by Gasteiger charge is -2.29. The molecule has 0 heterocycles. The number of nitrogens with one attached hydrogen (secondary N) is 1. The van der Waals surface area contributed by atoms with Gasteiger partial charge >= 0.3 is 5.97 Å². The Morgan fingerprint density at radius 1 is 1.09 bits per heavy atom. The zero-order valence-electron chi connectivity index (χ0n) is 18.7. The minimum atomic E-state index is -3.87. The van der Waals surface area contributed by atoms with E-state index in [1.165, 1.54) is 37.7 Å². The Hall–Kier alpha value is -2.87. The van der Waals surface area contributed by atoms with Crippen molar-refractivity contribution in [3.8, 4) is 0 Å². The van der Waals surface area contributed by atoms with Crippen LogP contribution >= 0.6 is 0 Å². The van der Waals surface area contributed by atoms with Crippen molar-refractivity contribution in [2.45, 2.75) is 50.5 Å². The summed E-state index contributed by atoms with van der Waals surface area (Å²) in [4.78, 5) is 24.6. The molecule has 1 aliphatic carbocycles. The Bertz CT molecular complexity index is 1070. The van der Waals surface area contributed by atoms with Crippen LogP contribution in [-0.2, 0) is 19.6 Å². The minimum Gasteiger partial charge on any atom is -0.452 e. The van der Waals surface area contributed by atoms with Gasteiger partial charge in [-0.05, 0) is 56.0 Å². The lowest BCUT2D eigenvalue weighted by atomic mass is 9.86. The standard InChI is InChI=1S/C24H30N2O5S/c1-17-11-13-20(14-12-17)26(3)32(29,30)21-9-6-8-19(15-21)24(28)31-16-23(27)25-22-10-5-4-7-18(22)2/h6,8-9,11-15,18,22H,4-5,7,10,16H2,1-3H3,(H,25,27)/t18-,22-/m0/s1. The summed E-state index contributed by atoms with van der Waals surface area (Å²) in [6.07, 6.45) is 4.24. The number of rotatable bonds is 7. The molecule has 0 unspecified atom stereocenters. The number of anilines is 1. The van der Waals surface area contributed by atoms with E-state index < -0.39 is 22.6 Å². The second-order valence-corrected chi connectivity index (χ2v) is 10.3. The first-order valence-corrected chi connectivity index (χ1v) is 12.2. The maximum absolute atomic E-state index is 13.0. The second kappa shape index (κ2) is 10.2. The van der Waals surface area contributed by atoms with E-state index in [-0.39, 0.29) is 22.4 Å². The maximum atomic E-state index is 13.0. The van der Waals surface area contributed by atoms with Gasteiger partial charge in [0, 0.05) is 13.1 Å². The summed E-state index contributed by atoms with van der Waals surface area (Å²) in [5, 5.41) is 2.93. The second-order valence-electron chi connectivity index (χ2n) is 8.35. The number of ether oxygens (including phenoxy) is 1. The van der Waals surface area contributed by atoms with Crippen LogP contribution in [0, 0.1) is 12.8 Å². The molecule has 8 heteroatoms. The molecule has 0 spiro atoms. The van der Waals surface area contributed by atoms with Crippen molar-refractivity contribution in [3.63, 3.8) is 0 Å². The van der Waals surface area contributed by atoms with Gasteiger partial charge in [-0.3, -0.25) is 9.10 Å². The van der Waals surface area contributed by atoms with E-state index >= 15 is 0 Å². The average molecular weight is 459 g/mol. The SMILES string of the molecule is Cc1ccc(N(C)S(=O)(=O)c2cccc(C(=O)OCC(=O)N[C@H]3CCCC[C@@H]3C)c2)cc1. The van der Waals surface area contributed by atoms with E-state index in [0.29, 0.717) is 11.6 Å². The number of hydrogen-bond donors (Lipinski definition) is 1. The van der Waals surface area contributed by atoms with E-state index in [9.17, 15) is 18.0 Å². The van der Waals surface area contributed by atoms with Gasteiger partial charge < -0.3 is 10.1 Å². The monoisotopic (exact) mass is 458 g/mol. The van der Waals surface area contributed by atoms with Crippen LogP contribution < -0.4 is 9.62 Å². The molecule has 0 aromatic heterocycles. The molecule has 172 valence electrons. The van der Waals surface area contributed by atoms with Crippen LogP contribution in [0.1, 0.15) is 48.5 Å². The average Bonchev–Trinajstić information content (AvgIpc) is 2.79. The molecular weight excluding hydrogens is 428 g/mol. The Morgan fingerprint density at radius 2 is 1.78 bits per heavy atom. The van der Waals surface area contributed by atoms with Crippen molar-refractivity contribution >= 4 is 27.6 Å². The van der Waals surface area contributed by atoms with Gasteiger partial charge in [0.1, 0.15) is 0 Å². The zero-order valence-corrected chi connectivity index (χ0v) is 19.5. The topological polar surface area (TPSA) is 92.8 Å². The van der Waals surface area contributed by atoms with Crippen molar-refractivity contribution in [3.05, 3.63) is 59.7 Å². The molecule has 0 saturated heterocycles. The van der Waals surface area contributed by atoms with Gasteiger partial charge in [-0.25, -0.2) is 13.2 Å². The van der Waals surface area contributed by atoms with Crippen molar-refractivity contribution < 1.29 is 22.7 Å². The van der Waals surface area contributed by atoms with Gasteiger partial charge in [-0.15, -0.1) is 0 Å². The number of esters is 1. The largest absolute Gasteiger partial charge is 0.452 e. The summed E-state index contributed by atoms with van der Waals surface area (Å²) < 4.78 is 32.3. The zero-order chi connectivity index (χ0) is 23.3. The number of carbonyl (C=O) groups is 2. The molecule has 1 saturated carbocycles. The van der Waals surface area contributed by atoms with E-state index in [1.807, 2.05) is 19.1 Å². The Labute approximate surface area is 189 Å². The first kappa shape index (κ1) is 23.8. The highest BCUT2D eigenvalue weighted by Gasteiger charge is 2.25. The van der Waals surface area contributed by atoms with E-state index in [4.69, 9.17) is 4.74 Å². The molecule has 1 aliphatic rings. The number of amides is 1. The van der Waals surface area contributed by atoms with E-state index in [1.54, 1.807) is 12.1 Å². The molecule has 2 aromatic rings. The number of hydrogen-bond acceptors (Lipinski definition) is 5. The minimum absolute atomic E-state index is 0.0319. The molecular formula is C24H30N2O5S. The molecule has 0 bridgehead atoms. The first-order valence-electron chi connectivity index (χ1n) is 10.8. The lowest BCUT2D eigenvalue weighted by Crippen LogP contribution is -2.42. The van der Waals surface area contributed by atoms with Crippen LogP contribution in [0.2, 0.25) is 0 Å². The van der Waals surface area contributed by atoms with Gasteiger partial charge in [-0.2, -0.15) is 0 Å². The smallest absolute Gasteiger partial charge is 0.338 e. The quantitative estimate of drug-likeness (QED) is 0.639. The molecule has 7 nitrogen and oxygen atoms in total. The summed E-state index contributed by atoms with van der Waals surface area (Å²) in [5.74, 6) is -0.692. The van der Waals surface area contributed by atoms with Gasteiger partial charge in [-0.1, -0.05) is 43.5 Å². The van der Waals surface area contributed by atoms with Crippen LogP contribution in [0.5, 0.6) is 0 Å². The van der Waals surface area contributed by atoms with Gasteiger partial charge in [0.2, 0.25) is 0 Å². The highest BCUT2D eigenvalue weighted by atomic mass is 32.2. The molecule has 1 fully saturated rings. The van der Waals surface area contributed by atoms with Crippen LogP contribution in [0.4, 0.5) is 5.69 Å². The lowest BCUT2D eigenvalue weighted by molar-refractivity contribution is -0.125.